The highest BCUT2D eigenvalue weighted by Crippen LogP contribution is 2.22. The van der Waals surface area contributed by atoms with E-state index in [4.69, 9.17) is 0 Å². The van der Waals surface area contributed by atoms with Crippen LogP contribution in [-0.2, 0) is 17.8 Å². The van der Waals surface area contributed by atoms with E-state index >= 15 is 0 Å². The molecule has 0 aliphatic carbocycles. The molecule has 0 bridgehead atoms. The molecule has 1 aliphatic heterocycles. The van der Waals surface area contributed by atoms with Gasteiger partial charge in [-0.3, -0.25) is 4.79 Å². The number of aryl methyl sites for hydroxylation is 2. The largest absolute Gasteiger partial charge is 0.334 e. The van der Waals surface area contributed by atoms with Gasteiger partial charge in [-0.25, -0.2) is 4.98 Å². The predicted octanol–water partition coefficient (Wildman–Crippen LogP) is 1.34. The fourth-order valence-corrected chi connectivity index (χ4v) is 1.94. The van der Waals surface area contributed by atoms with Crippen LogP contribution in [-0.4, -0.2) is 15.3 Å². The van der Waals surface area contributed by atoms with Crippen LogP contribution in [0.2, 0.25) is 0 Å². The Balaban J connectivity index is 2.27. The Morgan fingerprint density at radius 1 is 1.69 bits per heavy atom. The minimum Gasteiger partial charge on any atom is -0.334 e. The molecule has 1 unspecified atom stereocenters. The normalized spacial score (nSPS) is 21.2. The van der Waals surface area contributed by atoms with Gasteiger partial charge >= 0.3 is 0 Å². The summed E-state index contributed by atoms with van der Waals surface area (Å²) in [4.78, 5) is 15.5. The van der Waals surface area contributed by atoms with Crippen LogP contribution in [0, 0.1) is 12.8 Å². The van der Waals surface area contributed by atoms with Crippen LogP contribution in [0.5, 0.6) is 0 Å². The number of aromatic nitrogens is 2. The summed E-state index contributed by atoms with van der Waals surface area (Å²) in [6.45, 7) is 4.64. The number of ketones is 1. The third-order valence-electron chi connectivity index (χ3n) is 2.89. The summed E-state index contributed by atoms with van der Waals surface area (Å²) >= 11 is 0. The van der Waals surface area contributed by atoms with Gasteiger partial charge in [-0.15, -0.1) is 0 Å². The molecular formula is C10H14N2O. The highest BCUT2D eigenvalue weighted by Gasteiger charge is 2.23. The molecule has 70 valence electrons. The summed E-state index contributed by atoms with van der Waals surface area (Å²) in [6, 6.07) is 0. The molecular weight excluding hydrogens is 164 g/mol. The molecule has 0 radical (unpaired) electrons. The maximum Gasteiger partial charge on any atom is 0.133 e. The van der Waals surface area contributed by atoms with Gasteiger partial charge in [-0.2, -0.15) is 0 Å². The van der Waals surface area contributed by atoms with E-state index in [0.29, 0.717) is 5.78 Å². The molecule has 0 saturated carbocycles. The molecule has 0 N–H and O–H groups in total. The first-order valence-corrected chi connectivity index (χ1v) is 4.69. The van der Waals surface area contributed by atoms with Gasteiger partial charge < -0.3 is 4.57 Å². The van der Waals surface area contributed by atoms with Gasteiger partial charge in [0.1, 0.15) is 5.78 Å². The van der Waals surface area contributed by atoms with E-state index < -0.39 is 0 Å². The monoisotopic (exact) mass is 178 g/mol. The number of rotatable bonds is 1. The lowest BCUT2D eigenvalue weighted by molar-refractivity contribution is -0.121. The van der Waals surface area contributed by atoms with E-state index in [0.717, 1.165) is 25.1 Å². The zero-order chi connectivity index (χ0) is 9.42. The average Bonchev–Trinajstić information content (AvgIpc) is 2.47. The Labute approximate surface area is 77.8 Å². The van der Waals surface area contributed by atoms with Gasteiger partial charge in [-0.05, 0) is 26.7 Å². The van der Waals surface area contributed by atoms with Crippen molar-refractivity contribution in [2.24, 2.45) is 5.92 Å². The van der Waals surface area contributed by atoms with Crippen LogP contribution >= 0.6 is 0 Å². The van der Waals surface area contributed by atoms with E-state index in [2.05, 4.69) is 9.55 Å². The highest BCUT2D eigenvalue weighted by molar-refractivity contribution is 5.78. The van der Waals surface area contributed by atoms with Crippen molar-refractivity contribution in [2.45, 2.75) is 33.2 Å². The van der Waals surface area contributed by atoms with Crippen molar-refractivity contribution >= 4 is 5.78 Å². The molecule has 2 rings (SSSR count). The van der Waals surface area contributed by atoms with Crippen molar-refractivity contribution in [2.75, 3.05) is 0 Å². The summed E-state index contributed by atoms with van der Waals surface area (Å²) in [6.07, 6.45) is 3.72. The summed E-state index contributed by atoms with van der Waals surface area (Å²) in [5, 5.41) is 0. The molecule has 3 nitrogen and oxygen atoms in total. The molecule has 0 fully saturated rings. The standard InChI is InChI=1S/C10H14N2O/c1-7-10-5-9(8(2)13)3-4-12(10)6-11-7/h6,9H,3-5H2,1-2H3. The van der Waals surface area contributed by atoms with Gasteiger partial charge in [0.25, 0.3) is 0 Å². The molecule has 1 aliphatic rings. The van der Waals surface area contributed by atoms with Crippen LogP contribution in [0.25, 0.3) is 0 Å². The molecule has 0 aromatic carbocycles. The third kappa shape index (κ3) is 1.39. The van der Waals surface area contributed by atoms with Crippen molar-refractivity contribution in [3.05, 3.63) is 17.7 Å². The summed E-state index contributed by atoms with van der Waals surface area (Å²) in [7, 11) is 0. The Hall–Kier alpha value is -1.12. The van der Waals surface area contributed by atoms with Crippen LogP contribution in [0.3, 0.4) is 0 Å². The van der Waals surface area contributed by atoms with Gasteiger partial charge in [0.15, 0.2) is 0 Å². The van der Waals surface area contributed by atoms with Gasteiger partial charge in [-0.1, -0.05) is 0 Å². The quantitative estimate of drug-likeness (QED) is 0.650. The van der Waals surface area contributed by atoms with E-state index in [-0.39, 0.29) is 5.92 Å². The molecule has 2 heterocycles. The van der Waals surface area contributed by atoms with E-state index in [1.54, 1.807) is 6.92 Å². The molecule has 0 spiro atoms. The number of imidazole rings is 1. The lowest BCUT2D eigenvalue weighted by Gasteiger charge is -2.21. The lowest BCUT2D eigenvalue weighted by atomic mass is 9.92. The number of hydrogen-bond donors (Lipinski definition) is 0. The van der Waals surface area contributed by atoms with Crippen molar-refractivity contribution < 1.29 is 4.79 Å². The Bertz CT molecular complexity index is 341. The number of hydrogen-bond acceptors (Lipinski definition) is 2. The first-order chi connectivity index (χ1) is 6.18. The minimum absolute atomic E-state index is 0.225. The van der Waals surface area contributed by atoms with E-state index in [9.17, 15) is 4.79 Å². The number of nitrogens with zero attached hydrogens (tertiary/aromatic N) is 2. The molecule has 1 aromatic heterocycles. The molecule has 3 heteroatoms. The van der Waals surface area contributed by atoms with Crippen LogP contribution < -0.4 is 0 Å². The second kappa shape index (κ2) is 2.98. The second-order valence-corrected chi connectivity index (χ2v) is 3.77. The first-order valence-electron chi connectivity index (χ1n) is 4.69. The number of carbonyl (C=O) groups is 1. The fraction of sp³-hybridized carbons (Fsp3) is 0.600. The maximum atomic E-state index is 11.2. The topological polar surface area (TPSA) is 34.9 Å². The first kappa shape index (κ1) is 8.48. The highest BCUT2D eigenvalue weighted by atomic mass is 16.1. The van der Waals surface area contributed by atoms with E-state index in [1.165, 1.54) is 5.69 Å². The van der Waals surface area contributed by atoms with Gasteiger partial charge in [0, 0.05) is 18.2 Å². The SMILES string of the molecule is CC(=O)C1CCn2cnc(C)c2C1. The van der Waals surface area contributed by atoms with Crippen molar-refractivity contribution in [1.82, 2.24) is 9.55 Å². The molecule has 0 amide bonds. The Morgan fingerprint density at radius 2 is 2.46 bits per heavy atom. The lowest BCUT2D eigenvalue weighted by Crippen LogP contribution is -2.23. The summed E-state index contributed by atoms with van der Waals surface area (Å²) < 4.78 is 2.16. The minimum atomic E-state index is 0.225. The van der Waals surface area contributed by atoms with Gasteiger partial charge in [0.2, 0.25) is 0 Å². The number of Topliss-reactive ketones (excluding diaryl/α,β-unsaturated/α-hetero) is 1. The predicted molar refractivity (Wildman–Crippen MR) is 49.5 cm³/mol. The number of carbonyl (C=O) groups excluding carboxylic acids is 1. The molecule has 1 atom stereocenters. The van der Waals surface area contributed by atoms with Crippen LogP contribution in [0.1, 0.15) is 24.7 Å². The average molecular weight is 178 g/mol. The zero-order valence-electron chi connectivity index (χ0n) is 8.08. The Morgan fingerprint density at radius 3 is 3.15 bits per heavy atom. The molecule has 13 heavy (non-hydrogen) atoms. The smallest absolute Gasteiger partial charge is 0.133 e. The summed E-state index contributed by atoms with van der Waals surface area (Å²) in [5.74, 6) is 0.537. The fourth-order valence-electron chi connectivity index (χ4n) is 1.94. The van der Waals surface area contributed by atoms with Crippen LogP contribution in [0.4, 0.5) is 0 Å². The number of fused-ring (bicyclic) bond motifs is 1. The zero-order valence-corrected chi connectivity index (χ0v) is 8.08. The van der Waals surface area contributed by atoms with Crippen molar-refractivity contribution in [1.29, 1.82) is 0 Å². The molecule has 1 aromatic rings. The van der Waals surface area contributed by atoms with Crippen molar-refractivity contribution in [3.8, 4) is 0 Å². The molecule has 0 saturated heterocycles. The van der Waals surface area contributed by atoms with Gasteiger partial charge in [0.05, 0.1) is 12.0 Å². The van der Waals surface area contributed by atoms with E-state index in [1.807, 2.05) is 13.3 Å². The maximum absolute atomic E-state index is 11.2. The second-order valence-electron chi connectivity index (χ2n) is 3.77. The summed E-state index contributed by atoms with van der Waals surface area (Å²) in [5.41, 5.74) is 2.32. The Kier molecular flexibility index (Phi) is 1.94. The third-order valence-corrected chi connectivity index (χ3v) is 2.89. The van der Waals surface area contributed by atoms with Crippen LogP contribution in [0.15, 0.2) is 6.33 Å². The van der Waals surface area contributed by atoms with Crippen molar-refractivity contribution in [3.63, 3.8) is 0 Å².